The smallest absolute Gasteiger partial charge is 0.138 e. The van der Waals surface area contributed by atoms with Crippen molar-refractivity contribution in [2.75, 3.05) is 11.1 Å². The molecule has 0 saturated heterocycles. The van der Waals surface area contributed by atoms with E-state index in [9.17, 15) is 5.11 Å². The number of phenolic OH excluding ortho intramolecular Hbond substituents is 1. The van der Waals surface area contributed by atoms with Crippen molar-refractivity contribution in [1.29, 1.82) is 0 Å². The van der Waals surface area contributed by atoms with Crippen LogP contribution in [0.25, 0.3) is 0 Å². The van der Waals surface area contributed by atoms with E-state index in [1.54, 1.807) is 18.3 Å². The molecule has 0 spiro atoms. The standard InChI is InChI=1S/C10H12N4O/c11-8-2-1-7(5-9(8)15)6-12-10-3-4-13-14-10/h1-5,15H,6,11H2,(H2,12,13,14). The van der Waals surface area contributed by atoms with Gasteiger partial charge in [-0.2, -0.15) is 5.10 Å². The Morgan fingerprint density at radius 1 is 1.40 bits per heavy atom. The number of nitrogens with one attached hydrogen (secondary N) is 2. The molecule has 0 aliphatic carbocycles. The molecule has 1 heterocycles. The Kier molecular flexibility index (Phi) is 2.45. The van der Waals surface area contributed by atoms with E-state index < -0.39 is 0 Å². The van der Waals surface area contributed by atoms with Gasteiger partial charge in [0.05, 0.1) is 11.9 Å². The summed E-state index contributed by atoms with van der Waals surface area (Å²) in [5.41, 5.74) is 6.84. The van der Waals surface area contributed by atoms with Crippen molar-refractivity contribution in [3.8, 4) is 5.75 Å². The molecule has 0 fully saturated rings. The van der Waals surface area contributed by atoms with Gasteiger partial charge in [0.15, 0.2) is 0 Å². The van der Waals surface area contributed by atoms with Crippen molar-refractivity contribution >= 4 is 11.5 Å². The lowest BCUT2D eigenvalue weighted by Crippen LogP contribution is -2.00. The average Bonchev–Trinajstić information content (AvgIpc) is 2.73. The summed E-state index contributed by atoms with van der Waals surface area (Å²) in [5.74, 6) is 0.949. The summed E-state index contributed by atoms with van der Waals surface area (Å²) in [6, 6.07) is 7.01. The summed E-state index contributed by atoms with van der Waals surface area (Å²) in [7, 11) is 0. The van der Waals surface area contributed by atoms with Crippen LogP contribution in [0.1, 0.15) is 5.56 Å². The number of phenols is 1. The normalized spacial score (nSPS) is 10.1. The molecule has 0 saturated carbocycles. The van der Waals surface area contributed by atoms with Crippen molar-refractivity contribution < 1.29 is 5.11 Å². The summed E-state index contributed by atoms with van der Waals surface area (Å²) in [6.45, 7) is 0.607. The molecule has 0 unspecified atom stereocenters. The van der Waals surface area contributed by atoms with Gasteiger partial charge in [-0.3, -0.25) is 5.10 Å². The van der Waals surface area contributed by atoms with E-state index in [0.717, 1.165) is 11.4 Å². The number of H-pyrrole nitrogens is 1. The lowest BCUT2D eigenvalue weighted by atomic mass is 10.2. The molecule has 1 aromatic heterocycles. The third-order valence-corrected chi connectivity index (χ3v) is 2.08. The van der Waals surface area contributed by atoms with Crippen molar-refractivity contribution in [2.24, 2.45) is 0 Å². The Labute approximate surface area is 86.9 Å². The predicted octanol–water partition coefficient (Wildman–Crippen LogP) is 1.31. The molecule has 0 radical (unpaired) electrons. The van der Waals surface area contributed by atoms with Gasteiger partial charge in [0.25, 0.3) is 0 Å². The van der Waals surface area contributed by atoms with Gasteiger partial charge in [-0.1, -0.05) is 6.07 Å². The summed E-state index contributed by atoms with van der Waals surface area (Å²) >= 11 is 0. The van der Waals surface area contributed by atoms with Crippen LogP contribution in [0.3, 0.4) is 0 Å². The Morgan fingerprint density at radius 3 is 2.93 bits per heavy atom. The molecular weight excluding hydrogens is 192 g/mol. The van der Waals surface area contributed by atoms with Crippen LogP contribution in [0.2, 0.25) is 0 Å². The monoisotopic (exact) mass is 204 g/mol. The van der Waals surface area contributed by atoms with Crippen LogP contribution in [0.15, 0.2) is 30.5 Å². The first-order chi connectivity index (χ1) is 7.25. The van der Waals surface area contributed by atoms with Gasteiger partial charge in [-0.05, 0) is 23.8 Å². The van der Waals surface area contributed by atoms with Crippen LogP contribution >= 0.6 is 0 Å². The second-order valence-corrected chi connectivity index (χ2v) is 3.22. The molecule has 5 nitrogen and oxygen atoms in total. The van der Waals surface area contributed by atoms with Gasteiger partial charge in [-0.15, -0.1) is 0 Å². The maximum Gasteiger partial charge on any atom is 0.138 e. The van der Waals surface area contributed by atoms with Crippen molar-refractivity contribution in [3.05, 3.63) is 36.0 Å². The lowest BCUT2D eigenvalue weighted by molar-refractivity contribution is 0.477. The van der Waals surface area contributed by atoms with Crippen LogP contribution in [0, 0.1) is 0 Å². The number of hydrogen-bond acceptors (Lipinski definition) is 4. The molecule has 78 valence electrons. The van der Waals surface area contributed by atoms with Crippen LogP contribution < -0.4 is 11.1 Å². The van der Waals surface area contributed by atoms with Crippen LogP contribution in [-0.4, -0.2) is 15.3 Å². The first-order valence-electron chi connectivity index (χ1n) is 4.56. The number of benzene rings is 1. The van der Waals surface area contributed by atoms with Gasteiger partial charge >= 0.3 is 0 Å². The second-order valence-electron chi connectivity index (χ2n) is 3.22. The molecular formula is C10H12N4O. The van der Waals surface area contributed by atoms with Gasteiger partial charge < -0.3 is 16.2 Å². The van der Waals surface area contributed by atoms with Crippen LogP contribution in [0.5, 0.6) is 5.75 Å². The Bertz CT molecular complexity index is 439. The fourth-order valence-corrected chi connectivity index (χ4v) is 1.25. The number of hydrogen-bond donors (Lipinski definition) is 4. The first-order valence-corrected chi connectivity index (χ1v) is 4.56. The highest BCUT2D eigenvalue weighted by atomic mass is 16.3. The zero-order chi connectivity index (χ0) is 10.7. The van der Waals surface area contributed by atoms with E-state index >= 15 is 0 Å². The first kappa shape index (κ1) is 9.39. The molecule has 0 atom stereocenters. The fourth-order valence-electron chi connectivity index (χ4n) is 1.25. The van der Waals surface area contributed by atoms with Gasteiger partial charge in [0, 0.05) is 6.54 Å². The molecule has 2 rings (SSSR count). The number of aromatic amines is 1. The maximum absolute atomic E-state index is 9.38. The Hall–Kier alpha value is -2.17. The molecule has 5 heteroatoms. The van der Waals surface area contributed by atoms with E-state index in [-0.39, 0.29) is 5.75 Å². The molecule has 0 aliphatic rings. The number of nitrogen functional groups attached to an aromatic ring is 1. The van der Waals surface area contributed by atoms with E-state index in [1.165, 1.54) is 0 Å². The van der Waals surface area contributed by atoms with E-state index in [2.05, 4.69) is 15.5 Å². The number of nitrogens with zero attached hydrogens (tertiary/aromatic N) is 1. The third-order valence-electron chi connectivity index (χ3n) is 2.08. The minimum atomic E-state index is 0.110. The molecule has 15 heavy (non-hydrogen) atoms. The Morgan fingerprint density at radius 2 is 2.27 bits per heavy atom. The molecule has 5 N–H and O–H groups in total. The summed E-state index contributed by atoms with van der Waals surface area (Å²) < 4.78 is 0. The molecule has 2 aromatic rings. The van der Waals surface area contributed by atoms with E-state index in [1.807, 2.05) is 12.1 Å². The fraction of sp³-hybridized carbons (Fsp3) is 0.100. The molecule has 1 aromatic carbocycles. The van der Waals surface area contributed by atoms with Crippen molar-refractivity contribution in [1.82, 2.24) is 10.2 Å². The van der Waals surface area contributed by atoms with Crippen LogP contribution in [-0.2, 0) is 6.54 Å². The van der Waals surface area contributed by atoms with Crippen molar-refractivity contribution in [3.63, 3.8) is 0 Å². The van der Waals surface area contributed by atoms with Gasteiger partial charge in [0.1, 0.15) is 11.6 Å². The SMILES string of the molecule is Nc1ccc(CNc2ccn[nH]2)cc1O. The van der Waals surface area contributed by atoms with Gasteiger partial charge in [0.2, 0.25) is 0 Å². The molecule has 0 amide bonds. The van der Waals surface area contributed by atoms with E-state index in [4.69, 9.17) is 5.73 Å². The average molecular weight is 204 g/mol. The highest BCUT2D eigenvalue weighted by Crippen LogP contribution is 2.20. The molecule has 0 bridgehead atoms. The number of aromatic nitrogens is 2. The summed E-state index contributed by atoms with van der Waals surface area (Å²) in [4.78, 5) is 0. The minimum Gasteiger partial charge on any atom is -0.506 e. The van der Waals surface area contributed by atoms with Crippen LogP contribution in [0.4, 0.5) is 11.5 Å². The second kappa shape index (κ2) is 3.91. The predicted molar refractivity (Wildman–Crippen MR) is 58.4 cm³/mol. The quantitative estimate of drug-likeness (QED) is 0.448. The summed E-state index contributed by atoms with van der Waals surface area (Å²) in [6.07, 6.45) is 1.67. The van der Waals surface area contributed by atoms with E-state index in [0.29, 0.717) is 12.2 Å². The maximum atomic E-state index is 9.38. The number of aromatic hydroxyl groups is 1. The zero-order valence-corrected chi connectivity index (χ0v) is 8.07. The largest absolute Gasteiger partial charge is 0.506 e. The minimum absolute atomic E-state index is 0.110. The Balaban J connectivity index is 2.02. The highest BCUT2D eigenvalue weighted by molar-refractivity contribution is 5.53. The number of anilines is 2. The number of nitrogens with two attached hydrogens (primary N) is 1. The highest BCUT2D eigenvalue weighted by Gasteiger charge is 1.99. The topological polar surface area (TPSA) is 87.0 Å². The third kappa shape index (κ3) is 2.19. The van der Waals surface area contributed by atoms with Gasteiger partial charge in [-0.25, -0.2) is 0 Å². The number of rotatable bonds is 3. The molecule has 0 aliphatic heterocycles. The zero-order valence-electron chi connectivity index (χ0n) is 8.07. The lowest BCUT2D eigenvalue weighted by Gasteiger charge is -2.05. The van der Waals surface area contributed by atoms with Crippen molar-refractivity contribution in [2.45, 2.75) is 6.54 Å². The summed E-state index contributed by atoms with van der Waals surface area (Å²) in [5, 5.41) is 19.1.